The number of nitrogens with zero attached hydrogens (tertiary/aromatic N) is 2. The Morgan fingerprint density at radius 1 is 1.38 bits per heavy atom. The third-order valence-corrected chi connectivity index (χ3v) is 2.31. The van der Waals surface area contributed by atoms with Crippen LogP contribution in [-0.4, -0.2) is 21.7 Å². The Hall–Kier alpha value is -1.33. The monoisotopic (exact) mass is 234 g/mol. The first kappa shape index (κ1) is 12.7. The van der Waals surface area contributed by atoms with Crippen LogP contribution in [0.2, 0.25) is 0 Å². The maximum Gasteiger partial charge on any atom is 0.408 e. The van der Waals surface area contributed by atoms with Gasteiger partial charge in [0.15, 0.2) is 5.78 Å². The number of aryl methyl sites for hydroxylation is 1. The normalized spacial score (nSPS) is 11.9. The molecule has 0 atom stereocenters. The molecule has 0 aliphatic rings. The molecule has 0 unspecified atom stereocenters. The summed E-state index contributed by atoms with van der Waals surface area (Å²) >= 11 is 0. The van der Waals surface area contributed by atoms with Gasteiger partial charge in [0.1, 0.15) is 6.54 Å². The van der Waals surface area contributed by atoms with Crippen molar-refractivity contribution in [3.63, 3.8) is 0 Å². The number of ketones is 1. The number of carbonyl (C=O) groups excluding carboxylic acids is 1. The summed E-state index contributed by atoms with van der Waals surface area (Å²) in [6.45, 7) is 3.54. The Bertz CT molecular complexity index is 407. The van der Waals surface area contributed by atoms with Gasteiger partial charge in [0.2, 0.25) is 0 Å². The average molecular weight is 234 g/mol. The van der Waals surface area contributed by atoms with E-state index in [1.165, 1.54) is 6.92 Å². The molecular formula is C10H13F3N2O. The largest absolute Gasteiger partial charge is 0.408 e. The molecule has 1 rings (SSSR count). The first-order chi connectivity index (χ1) is 7.26. The fourth-order valence-electron chi connectivity index (χ4n) is 1.60. The van der Waals surface area contributed by atoms with Crippen LogP contribution in [0.3, 0.4) is 0 Å². The van der Waals surface area contributed by atoms with E-state index in [4.69, 9.17) is 0 Å². The minimum absolute atomic E-state index is 0.177. The van der Waals surface area contributed by atoms with E-state index in [-0.39, 0.29) is 17.9 Å². The lowest BCUT2D eigenvalue weighted by Crippen LogP contribution is -2.19. The standard InChI is InChI=1S/C10H13F3N2O/c1-4-8(16)9-6(2)14-15(7(9)3)5-10(11,12)13/h4-5H2,1-3H3. The Morgan fingerprint density at radius 3 is 2.38 bits per heavy atom. The van der Waals surface area contributed by atoms with E-state index in [1.54, 1.807) is 13.8 Å². The molecule has 6 heteroatoms. The van der Waals surface area contributed by atoms with E-state index in [1.807, 2.05) is 0 Å². The van der Waals surface area contributed by atoms with Crippen molar-refractivity contribution in [3.05, 3.63) is 17.0 Å². The van der Waals surface area contributed by atoms with Crippen molar-refractivity contribution in [1.82, 2.24) is 9.78 Å². The maximum atomic E-state index is 12.2. The van der Waals surface area contributed by atoms with Crippen LogP contribution in [0.1, 0.15) is 35.1 Å². The van der Waals surface area contributed by atoms with Gasteiger partial charge in [0.05, 0.1) is 11.3 Å². The van der Waals surface area contributed by atoms with Gasteiger partial charge in [-0.25, -0.2) is 0 Å². The van der Waals surface area contributed by atoms with Crippen LogP contribution in [-0.2, 0) is 6.54 Å². The van der Waals surface area contributed by atoms with E-state index < -0.39 is 12.7 Å². The number of aromatic nitrogens is 2. The lowest BCUT2D eigenvalue weighted by Gasteiger charge is -2.08. The SMILES string of the molecule is CCC(=O)c1c(C)nn(CC(F)(F)F)c1C. The van der Waals surface area contributed by atoms with Crippen LogP contribution >= 0.6 is 0 Å². The third-order valence-electron chi connectivity index (χ3n) is 2.31. The van der Waals surface area contributed by atoms with Gasteiger partial charge in [-0.1, -0.05) is 6.92 Å². The lowest BCUT2D eigenvalue weighted by molar-refractivity contribution is -0.142. The minimum Gasteiger partial charge on any atom is -0.294 e. The van der Waals surface area contributed by atoms with E-state index in [0.29, 0.717) is 11.3 Å². The van der Waals surface area contributed by atoms with E-state index >= 15 is 0 Å². The van der Waals surface area contributed by atoms with Gasteiger partial charge < -0.3 is 0 Å². The zero-order valence-corrected chi connectivity index (χ0v) is 9.35. The summed E-state index contributed by atoms with van der Waals surface area (Å²) in [5, 5.41) is 3.74. The number of alkyl halides is 3. The number of carbonyl (C=O) groups is 1. The quantitative estimate of drug-likeness (QED) is 0.753. The molecule has 0 saturated carbocycles. The Balaban J connectivity index is 3.12. The molecule has 0 aliphatic carbocycles. The molecule has 0 fully saturated rings. The molecule has 0 saturated heterocycles. The molecule has 0 amide bonds. The molecule has 0 bridgehead atoms. The highest BCUT2D eigenvalue weighted by Crippen LogP contribution is 2.21. The van der Waals surface area contributed by atoms with Gasteiger partial charge in [0.25, 0.3) is 0 Å². The summed E-state index contributed by atoms with van der Waals surface area (Å²) in [7, 11) is 0. The van der Waals surface area contributed by atoms with E-state index in [2.05, 4.69) is 5.10 Å². The second-order valence-corrected chi connectivity index (χ2v) is 3.60. The Morgan fingerprint density at radius 2 is 1.94 bits per heavy atom. The molecule has 3 nitrogen and oxygen atoms in total. The number of rotatable bonds is 3. The molecule has 1 aromatic heterocycles. The predicted octanol–water partition coefficient (Wildman–Crippen LogP) is 2.65. The molecule has 1 aromatic rings. The topological polar surface area (TPSA) is 34.9 Å². The number of hydrogen-bond donors (Lipinski definition) is 0. The van der Waals surface area contributed by atoms with Crippen molar-refractivity contribution in [2.24, 2.45) is 0 Å². The molecule has 0 spiro atoms. The molecule has 1 heterocycles. The van der Waals surface area contributed by atoms with Crippen LogP contribution in [0.15, 0.2) is 0 Å². The van der Waals surface area contributed by atoms with Crippen LogP contribution in [0.25, 0.3) is 0 Å². The van der Waals surface area contributed by atoms with Crippen molar-refractivity contribution in [1.29, 1.82) is 0 Å². The molecule has 90 valence electrons. The van der Waals surface area contributed by atoms with Crippen molar-refractivity contribution in [2.45, 2.75) is 39.9 Å². The highest BCUT2D eigenvalue weighted by atomic mass is 19.4. The molecule has 0 aliphatic heterocycles. The highest BCUT2D eigenvalue weighted by molar-refractivity contribution is 5.97. The summed E-state index contributed by atoms with van der Waals surface area (Å²) in [4.78, 5) is 11.5. The summed E-state index contributed by atoms with van der Waals surface area (Å²) in [5.74, 6) is -0.177. The van der Waals surface area contributed by atoms with E-state index in [9.17, 15) is 18.0 Å². The van der Waals surface area contributed by atoms with Gasteiger partial charge in [-0.15, -0.1) is 0 Å². The summed E-state index contributed by atoms with van der Waals surface area (Å²) in [6.07, 6.45) is -4.06. The van der Waals surface area contributed by atoms with Gasteiger partial charge in [-0.05, 0) is 13.8 Å². The smallest absolute Gasteiger partial charge is 0.294 e. The number of Topliss-reactive ketones (excluding diaryl/α,β-unsaturated/α-hetero) is 1. The fraction of sp³-hybridized carbons (Fsp3) is 0.600. The van der Waals surface area contributed by atoms with Crippen LogP contribution in [0.4, 0.5) is 13.2 Å². The van der Waals surface area contributed by atoms with Gasteiger partial charge in [-0.2, -0.15) is 18.3 Å². The van der Waals surface area contributed by atoms with Crippen molar-refractivity contribution < 1.29 is 18.0 Å². The first-order valence-electron chi connectivity index (χ1n) is 4.90. The molecule has 0 radical (unpaired) electrons. The van der Waals surface area contributed by atoms with Crippen molar-refractivity contribution in [2.75, 3.05) is 0 Å². The van der Waals surface area contributed by atoms with Crippen LogP contribution < -0.4 is 0 Å². The first-order valence-corrected chi connectivity index (χ1v) is 4.90. The number of halogens is 3. The fourth-order valence-corrected chi connectivity index (χ4v) is 1.60. The van der Waals surface area contributed by atoms with Crippen molar-refractivity contribution in [3.8, 4) is 0 Å². The summed E-state index contributed by atoms with van der Waals surface area (Å²) in [5.41, 5.74) is 0.946. The molecular weight excluding hydrogens is 221 g/mol. The summed E-state index contributed by atoms with van der Waals surface area (Å²) < 4.78 is 37.4. The van der Waals surface area contributed by atoms with Gasteiger partial charge >= 0.3 is 6.18 Å². The Kier molecular flexibility index (Phi) is 3.40. The number of hydrogen-bond acceptors (Lipinski definition) is 2. The molecule has 0 N–H and O–H groups in total. The minimum atomic E-state index is -4.32. The zero-order valence-electron chi connectivity index (χ0n) is 9.35. The predicted molar refractivity (Wildman–Crippen MR) is 52.4 cm³/mol. The Labute approximate surface area is 91.3 Å². The van der Waals surface area contributed by atoms with Gasteiger partial charge in [-0.3, -0.25) is 9.48 Å². The lowest BCUT2D eigenvalue weighted by atomic mass is 10.1. The van der Waals surface area contributed by atoms with Gasteiger partial charge in [0, 0.05) is 12.1 Å². The molecule has 0 aromatic carbocycles. The van der Waals surface area contributed by atoms with E-state index in [0.717, 1.165) is 4.68 Å². The molecule has 16 heavy (non-hydrogen) atoms. The maximum absolute atomic E-state index is 12.2. The summed E-state index contributed by atoms with van der Waals surface area (Å²) in [6, 6.07) is 0. The second kappa shape index (κ2) is 4.27. The van der Waals surface area contributed by atoms with Crippen LogP contribution in [0, 0.1) is 13.8 Å². The second-order valence-electron chi connectivity index (χ2n) is 3.60. The third kappa shape index (κ3) is 2.62. The van der Waals surface area contributed by atoms with Crippen molar-refractivity contribution >= 4 is 5.78 Å². The highest BCUT2D eigenvalue weighted by Gasteiger charge is 2.30. The van der Waals surface area contributed by atoms with Crippen LogP contribution in [0.5, 0.6) is 0 Å². The zero-order chi connectivity index (χ0) is 12.5. The average Bonchev–Trinajstić information content (AvgIpc) is 2.38.